The van der Waals surface area contributed by atoms with Crippen molar-refractivity contribution in [2.45, 2.75) is 0 Å². The van der Waals surface area contributed by atoms with E-state index in [-0.39, 0.29) is 0 Å². The number of fused-ring (bicyclic) bond motifs is 10. The van der Waals surface area contributed by atoms with Crippen molar-refractivity contribution in [3.63, 3.8) is 0 Å². The van der Waals surface area contributed by atoms with Gasteiger partial charge in [-0.3, -0.25) is 0 Å². The minimum Gasteiger partial charge on any atom is -0.309 e. The number of aromatic nitrogens is 4. The van der Waals surface area contributed by atoms with Crippen LogP contribution >= 0.6 is 22.7 Å². The van der Waals surface area contributed by atoms with Crippen molar-refractivity contribution < 1.29 is 0 Å². The maximum absolute atomic E-state index is 4.98. The first-order valence-electron chi connectivity index (χ1n) is 16.9. The van der Waals surface area contributed by atoms with Crippen LogP contribution < -0.4 is 0 Å². The Morgan fingerprint density at radius 1 is 0.353 bits per heavy atom. The first-order valence-corrected chi connectivity index (χ1v) is 18.6. The Labute approximate surface area is 300 Å². The Morgan fingerprint density at radius 2 is 0.961 bits per heavy atom. The Morgan fingerprint density at radius 3 is 1.73 bits per heavy atom. The molecule has 0 saturated heterocycles. The van der Waals surface area contributed by atoms with Gasteiger partial charge in [0, 0.05) is 73.5 Å². The summed E-state index contributed by atoms with van der Waals surface area (Å²) in [6.07, 6.45) is 0. The highest BCUT2D eigenvalue weighted by molar-refractivity contribution is 7.26. The third-order valence-electron chi connectivity index (χ3n) is 9.85. The van der Waals surface area contributed by atoms with Crippen LogP contribution in [-0.2, 0) is 0 Å². The minimum atomic E-state index is 0.666. The van der Waals surface area contributed by atoms with E-state index in [4.69, 9.17) is 15.0 Å². The molecule has 11 rings (SSSR count). The molecule has 0 aliphatic rings. The predicted molar refractivity (Wildman–Crippen MR) is 216 cm³/mol. The number of benzene rings is 7. The fourth-order valence-corrected chi connectivity index (χ4v) is 9.77. The lowest BCUT2D eigenvalue weighted by atomic mass is 10.1. The molecule has 0 saturated carbocycles. The summed E-state index contributed by atoms with van der Waals surface area (Å²) >= 11 is 3.68. The van der Waals surface area contributed by atoms with Gasteiger partial charge in [-0.25, -0.2) is 15.0 Å². The number of hydrogen-bond acceptors (Lipinski definition) is 5. The lowest BCUT2D eigenvalue weighted by Crippen LogP contribution is -1.99. The van der Waals surface area contributed by atoms with E-state index in [9.17, 15) is 0 Å². The SMILES string of the molecule is c1ccc(-c2nc(-c3ccccc3)nc(-c3ccc4c(c3)sc3ccc(-n5c6ccccc6c6c7c(ccc65)sc5ccccc57)cc34)n2)cc1. The van der Waals surface area contributed by atoms with Crippen LogP contribution in [0.4, 0.5) is 0 Å². The maximum Gasteiger partial charge on any atom is 0.164 e. The molecule has 0 fully saturated rings. The van der Waals surface area contributed by atoms with Crippen LogP contribution in [0.3, 0.4) is 0 Å². The van der Waals surface area contributed by atoms with Crippen molar-refractivity contribution in [2.75, 3.05) is 0 Å². The second kappa shape index (κ2) is 11.2. The van der Waals surface area contributed by atoms with Crippen molar-refractivity contribution in [1.29, 1.82) is 0 Å². The Hall–Kier alpha value is -6.21. The number of hydrogen-bond donors (Lipinski definition) is 0. The standard InChI is InChI=1S/C45H26N4S2/c1-3-11-27(12-4-1)43-46-44(28-13-5-2-6-14-28)48-45(47-43)29-19-21-31-34-26-30(20-23-38(34)51-40(31)25-29)49-35-17-9-7-15-32(35)41-36(49)22-24-39-42(41)33-16-8-10-18-37(33)50-39/h1-26H. The molecule has 0 atom stereocenters. The Bertz CT molecular complexity index is 3080. The normalized spacial score (nSPS) is 11.9. The number of thiophene rings is 2. The van der Waals surface area contributed by atoms with E-state index in [1.165, 1.54) is 62.2 Å². The average Bonchev–Trinajstić information content (AvgIpc) is 3.87. The summed E-state index contributed by atoms with van der Waals surface area (Å²) in [5.74, 6) is 2.00. The summed E-state index contributed by atoms with van der Waals surface area (Å²) in [5, 5.41) is 7.75. The van der Waals surface area contributed by atoms with Crippen LogP contribution in [0.2, 0.25) is 0 Å². The van der Waals surface area contributed by atoms with E-state index >= 15 is 0 Å². The molecule has 0 N–H and O–H groups in total. The zero-order valence-corrected chi connectivity index (χ0v) is 28.7. The van der Waals surface area contributed by atoms with E-state index in [1.54, 1.807) is 0 Å². The fraction of sp³-hybridized carbons (Fsp3) is 0. The van der Waals surface area contributed by atoms with Crippen LogP contribution in [0.5, 0.6) is 0 Å². The third kappa shape index (κ3) is 4.47. The monoisotopic (exact) mass is 686 g/mol. The summed E-state index contributed by atoms with van der Waals surface area (Å²) < 4.78 is 7.55. The van der Waals surface area contributed by atoms with Crippen LogP contribution in [-0.4, -0.2) is 19.5 Å². The quantitative estimate of drug-likeness (QED) is 0.185. The molecular formula is C45H26N4S2. The average molecular weight is 687 g/mol. The highest BCUT2D eigenvalue weighted by Crippen LogP contribution is 2.44. The molecule has 4 aromatic heterocycles. The number of nitrogens with zero attached hydrogens (tertiary/aromatic N) is 4. The Balaban J connectivity index is 1.08. The highest BCUT2D eigenvalue weighted by Gasteiger charge is 2.19. The van der Waals surface area contributed by atoms with Gasteiger partial charge in [0.05, 0.1) is 11.0 Å². The van der Waals surface area contributed by atoms with Crippen LogP contribution in [0.15, 0.2) is 158 Å². The zero-order chi connectivity index (χ0) is 33.5. The van der Waals surface area contributed by atoms with Gasteiger partial charge in [0.15, 0.2) is 17.5 Å². The molecule has 0 aliphatic heterocycles. The zero-order valence-electron chi connectivity index (χ0n) is 27.1. The summed E-state index contributed by atoms with van der Waals surface area (Å²) in [7, 11) is 0. The molecule has 0 bridgehead atoms. The molecule has 238 valence electrons. The molecule has 4 heterocycles. The van der Waals surface area contributed by atoms with Gasteiger partial charge in [0.25, 0.3) is 0 Å². The van der Waals surface area contributed by atoms with Gasteiger partial charge < -0.3 is 4.57 Å². The first-order chi connectivity index (χ1) is 25.3. The molecule has 4 nitrogen and oxygen atoms in total. The molecule has 11 aromatic rings. The number of para-hydroxylation sites is 1. The summed E-state index contributed by atoms with van der Waals surface area (Å²) in [4.78, 5) is 14.8. The molecule has 51 heavy (non-hydrogen) atoms. The molecule has 0 spiro atoms. The lowest BCUT2D eigenvalue weighted by molar-refractivity contribution is 1.07. The summed E-state index contributed by atoms with van der Waals surface area (Å²) in [6, 6.07) is 56.0. The van der Waals surface area contributed by atoms with E-state index < -0.39 is 0 Å². The summed E-state index contributed by atoms with van der Waals surface area (Å²) in [6.45, 7) is 0. The minimum absolute atomic E-state index is 0.666. The van der Waals surface area contributed by atoms with Crippen molar-refractivity contribution in [2.24, 2.45) is 0 Å². The van der Waals surface area contributed by atoms with Gasteiger partial charge in [0.2, 0.25) is 0 Å². The third-order valence-corrected chi connectivity index (χ3v) is 12.1. The lowest BCUT2D eigenvalue weighted by Gasteiger charge is -2.09. The molecule has 0 aliphatic carbocycles. The molecule has 0 radical (unpaired) electrons. The van der Waals surface area contributed by atoms with Gasteiger partial charge in [-0.1, -0.05) is 109 Å². The Kier molecular flexibility index (Phi) is 6.26. The molecule has 7 aromatic carbocycles. The van der Waals surface area contributed by atoms with E-state index in [1.807, 2.05) is 83.3 Å². The number of rotatable bonds is 4. The van der Waals surface area contributed by atoms with Crippen LogP contribution in [0, 0.1) is 0 Å². The second-order valence-corrected chi connectivity index (χ2v) is 15.0. The fourth-order valence-electron chi connectivity index (χ4n) is 7.53. The van der Waals surface area contributed by atoms with Gasteiger partial charge in [-0.05, 0) is 48.5 Å². The van der Waals surface area contributed by atoms with E-state index in [2.05, 4.69) is 102 Å². The topological polar surface area (TPSA) is 43.6 Å². The highest BCUT2D eigenvalue weighted by atomic mass is 32.1. The van der Waals surface area contributed by atoms with Gasteiger partial charge in [-0.2, -0.15) is 0 Å². The maximum atomic E-state index is 4.98. The van der Waals surface area contributed by atoms with Crippen molar-refractivity contribution in [3.8, 4) is 39.9 Å². The predicted octanol–water partition coefficient (Wildman–Crippen LogP) is 12.7. The second-order valence-electron chi connectivity index (χ2n) is 12.8. The van der Waals surface area contributed by atoms with Gasteiger partial charge in [-0.15, -0.1) is 22.7 Å². The van der Waals surface area contributed by atoms with E-state index in [0.29, 0.717) is 17.5 Å². The van der Waals surface area contributed by atoms with Crippen LogP contribution in [0.1, 0.15) is 0 Å². The van der Waals surface area contributed by atoms with Crippen LogP contribution in [0.25, 0.3) is 102 Å². The molecule has 0 amide bonds. The first kappa shape index (κ1) is 28.6. The summed E-state index contributed by atoms with van der Waals surface area (Å²) in [5.41, 5.74) is 6.51. The smallest absolute Gasteiger partial charge is 0.164 e. The van der Waals surface area contributed by atoms with Crippen molar-refractivity contribution >= 4 is 84.8 Å². The van der Waals surface area contributed by atoms with Crippen molar-refractivity contribution in [3.05, 3.63) is 158 Å². The molecule has 0 unspecified atom stereocenters. The van der Waals surface area contributed by atoms with E-state index in [0.717, 1.165) is 22.4 Å². The van der Waals surface area contributed by atoms with Crippen molar-refractivity contribution in [1.82, 2.24) is 19.5 Å². The van der Waals surface area contributed by atoms with Gasteiger partial charge >= 0.3 is 0 Å². The molecule has 6 heteroatoms. The molecular weight excluding hydrogens is 661 g/mol. The largest absolute Gasteiger partial charge is 0.309 e. The van der Waals surface area contributed by atoms with Gasteiger partial charge in [0.1, 0.15) is 0 Å².